The summed E-state index contributed by atoms with van der Waals surface area (Å²) in [5.41, 5.74) is -0.298. The average Bonchev–Trinajstić information content (AvgIpc) is 2.18. The van der Waals surface area contributed by atoms with E-state index in [4.69, 9.17) is 10.5 Å². The van der Waals surface area contributed by atoms with E-state index in [2.05, 4.69) is 20.9 Å². The van der Waals surface area contributed by atoms with Gasteiger partial charge in [0.1, 0.15) is 6.07 Å². The van der Waals surface area contributed by atoms with Gasteiger partial charge in [-0.05, 0) is 21.5 Å². The molecule has 76 valence electrons. The van der Waals surface area contributed by atoms with Crippen molar-refractivity contribution in [3.05, 3.63) is 27.5 Å². The summed E-state index contributed by atoms with van der Waals surface area (Å²) in [4.78, 5) is 3.67. The zero-order chi connectivity index (χ0) is 11.4. The zero-order valence-electron chi connectivity index (χ0n) is 7.34. The molecule has 0 N–H and O–H groups in total. The highest BCUT2D eigenvalue weighted by atomic mass is 79.9. The molecule has 1 rings (SSSR count). The van der Waals surface area contributed by atoms with E-state index in [1.165, 1.54) is 0 Å². The molecule has 0 fully saturated rings. The summed E-state index contributed by atoms with van der Waals surface area (Å²) >= 11 is 2.89. The van der Waals surface area contributed by atoms with Gasteiger partial charge in [-0.2, -0.15) is 10.5 Å². The number of hydrogen-bond donors (Lipinski definition) is 0. The summed E-state index contributed by atoms with van der Waals surface area (Å²) < 4.78 is 25.3. The van der Waals surface area contributed by atoms with Gasteiger partial charge in [0.05, 0.1) is 17.0 Å². The predicted octanol–water partition coefficient (Wildman–Crippen LogP) is 2.72. The van der Waals surface area contributed by atoms with E-state index in [-0.39, 0.29) is 27.7 Å². The Morgan fingerprint density at radius 1 is 1.47 bits per heavy atom. The van der Waals surface area contributed by atoms with Crippen molar-refractivity contribution in [1.82, 2.24) is 4.98 Å². The SMILES string of the molecule is N#CCc1cnc(C#N)c(Br)c1C(F)F. The van der Waals surface area contributed by atoms with Crippen LogP contribution in [0.2, 0.25) is 0 Å². The lowest BCUT2D eigenvalue weighted by atomic mass is 10.1. The summed E-state index contributed by atoms with van der Waals surface area (Å²) in [6.45, 7) is 0. The second-order valence-electron chi connectivity index (χ2n) is 2.61. The monoisotopic (exact) mass is 271 g/mol. The molecule has 0 radical (unpaired) electrons. The van der Waals surface area contributed by atoms with Gasteiger partial charge in [0, 0.05) is 11.8 Å². The van der Waals surface area contributed by atoms with Crippen molar-refractivity contribution < 1.29 is 8.78 Å². The summed E-state index contributed by atoms with van der Waals surface area (Å²) in [5.74, 6) is 0. The summed E-state index contributed by atoms with van der Waals surface area (Å²) in [5, 5.41) is 17.0. The molecule has 0 aromatic carbocycles. The molecule has 0 spiro atoms. The molecule has 1 heterocycles. The number of pyridine rings is 1. The number of nitriles is 2. The van der Waals surface area contributed by atoms with Crippen molar-refractivity contribution in [2.24, 2.45) is 0 Å². The van der Waals surface area contributed by atoms with Crippen LogP contribution in [0.3, 0.4) is 0 Å². The topological polar surface area (TPSA) is 60.5 Å². The quantitative estimate of drug-likeness (QED) is 0.831. The fourth-order valence-electron chi connectivity index (χ4n) is 1.08. The van der Waals surface area contributed by atoms with Crippen molar-refractivity contribution >= 4 is 15.9 Å². The number of rotatable bonds is 2. The smallest absolute Gasteiger partial charge is 0.244 e. The molecule has 0 aliphatic rings. The fraction of sp³-hybridized carbons (Fsp3) is 0.222. The van der Waals surface area contributed by atoms with E-state index in [0.717, 1.165) is 6.20 Å². The molecule has 0 aliphatic heterocycles. The second-order valence-corrected chi connectivity index (χ2v) is 3.40. The van der Waals surface area contributed by atoms with Gasteiger partial charge in [-0.1, -0.05) is 0 Å². The second kappa shape index (κ2) is 4.81. The maximum Gasteiger partial charge on any atom is 0.265 e. The van der Waals surface area contributed by atoms with E-state index in [9.17, 15) is 8.78 Å². The zero-order valence-corrected chi connectivity index (χ0v) is 8.92. The van der Waals surface area contributed by atoms with Crippen LogP contribution in [0.15, 0.2) is 10.7 Å². The fourth-order valence-corrected chi connectivity index (χ4v) is 1.70. The first-order valence-corrected chi connectivity index (χ1v) is 4.63. The minimum atomic E-state index is -2.74. The van der Waals surface area contributed by atoms with Crippen LogP contribution in [-0.2, 0) is 6.42 Å². The normalized spacial score (nSPS) is 9.73. The van der Waals surface area contributed by atoms with Crippen LogP contribution in [0.1, 0.15) is 23.2 Å². The first kappa shape index (κ1) is 11.5. The molecule has 15 heavy (non-hydrogen) atoms. The minimum Gasteiger partial charge on any atom is -0.244 e. The van der Waals surface area contributed by atoms with Crippen molar-refractivity contribution in [1.29, 1.82) is 10.5 Å². The highest BCUT2D eigenvalue weighted by Gasteiger charge is 2.20. The lowest BCUT2D eigenvalue weighted by Crippen LogP contribution is -2.00. The van der Waals surface area contributed by atoms with Crippen LogP contribution in [-0.4, -0.2) is 4.98 Å². The first-order chi connectivity index (χ1) is 7.11. The molecule has 0 saturated heterocycles. The maximum atomic E-state index is 12.7. The standard InChI is InChI=1S/C9H4BrF2N3/c10-8-6(3-14)15-4-5(1-2-13)7(8)9(11)12/h4,9H,1H2. The minimum absolute atomic E-state index is 0.0345. The van der Waals surface area contributed by atoms with Gasteiger partial charge in [0.25, 0.3) is 6.43 Å². The molecule has 0 atom stereocenters. The highest BCUT2D eigenvalue weighted by molar-refractivity contribution is 9.10. The van der Waals surface area contributed by atoms with Crippen molar-refractivity contribution in [2.75, 3.05) is 0 Å². The lowest BCUT2D eigenvalue weighted by molar-refractivity contribution is 0.149. The molecule has 1 aromatic heterocycles. The van der Waals surface area contributed by atoms with Crippen molar-refractivity contribution in [3.63, 3.8) is 0 Å². The third-order valence-electron chi connectivity index (χ3n) is 1.73. The van der Waals surface area contributed by atoms with Crippen LogP contribution in [0.25, 0.3) is 0 Å². The Labute approximate surface area is 93.1 Å². The third-order valence-corrected chi connectivity index (χ3v) is 2.54. The van der Waals surface area contributed by atoms with E-state index in [0.29, 0.717) is 0 Å². The number of halogens is 3. The Morgan fingerprint density at radius 2 is 2.13 bits per heavy atom. The van der Waals surface area contributed by atoms with Crippen LogP contribution >= 0.6 is 15.9 Å². The van der Waals surface area contributed by atoms with Gasteiger partial charge in [-0.15, -0.1) is 0 Å². The van der Waals surface area contributed by atoms with Crippen LogP contribution in [0.4, 0.5) is 8.78 Å². The van der Waals surface area contributed by atoms with E-state index < -0.39 is 6.43 Å². The summed E-state index contributed by atoms with van der Waals surface area (Å²) in [6, 6.07) is 3.45. The first-order valence-electron chi connectivity index (χ1n) is 3.84. The molecule has 0 bridgehead atoms. The van der Waals surface area contributed by atoms with Crippen LogP contribution < -0.4 is 0 Å². The molecule has 6 heteroatoms. The Morgan fingerprint density at radius 3 is 2.60 bits per heavy atom. The largest absolute Gasteiger partial charge is 0.265 e. The van der Waals surface area contributed by atoms with Gasteiger partial charge in [-0.3, -0.25) is 0 Å². The van der Waals surface area contributed by atoms with Gasteiger partial charge in [0.2, 0.25) is 0 Å². The molecule has 0 amide bonds. The van der Waals surface area contributed by atoms with Gasteiger partial charge >= 0.3 is 0 Å². The Kier molecular flexibility index (Phi) is 3.70. The molecular weight excluding hydrogens is 268 g/mol. The molecule has 0 unspecified atom stereocenters. The van der Waals surface area contributed by atoms with Gasteiger partial charge < -0.3 is 0 Å². The highest BCUT2D eigenvalue weighted by Crippen LogP contribution is 2.32. The van der Waals surface area contributed by atoms with Crippen LogP contribution in [0.5, 0.6) is 0 Å². The molecular formula is C9H4BrF2N3. The van der Waals surface area contributed by atoms with Crippen LogP contribution in [0, 0.1) is 22.7 Å². The van der Waals surface area contributed by atoms with Gasteiger partial charge in [-0.25, -0.2) is 13.8 Å². The van der Waals surface area contributed by atoms with E-state index >= 15 is 0 Å². The van der Waals surface area contributed by atoms with Crippen molar-refractivity contribution in [3.8, 4) is 12.1 Å². The lowest BCUT2D eigenvalue weighted by Gasteiger charge is -2.08. The molecule has 1 aromatic rings. The number of aromatic nitrogens is 1. The van der Waals surface area contributed by atoms with Crippen molar-refractivity contribution in [2.45, 2.75) is 12.8 Å². The molecule has 3 nitrogen and oxygen atoms in total. The third kappa shape index (κ3) is 2.28. The summed E-state index contributed by atoms with van der Waals surface area (Å²) in [6.07, 6.45) is -1.76. The molecule has 0 saturated carbocycles. The average molecular weight is 272 g/mol. The summed E-state index contributed by atoms with van der Waals surface area (Å²) in [7, 11) is 0. The Hall–Kier alpha value is -1.53. The van der Waals surface area contributed by atoms with E-state index in [1.807, 2.05) is 0 Å². The van der Waals surface area contributed by atoms with Gasteiger partial charge in [0.15, 0.2) is 5.69 Å². The predicted molar refractivity (Wildman–Crippen MR) is 50.9 cm³/mol. The Bertz CT molecular complexity index is 460. The van der Waals surface area contributed by atoms with E-state index in [1.54, 1.807) is 12.1 Å². The maximum absolute atomic E-state index is 12.7. The number of nitrogens with zero attached hydrogens (tertiary/aromatic N) is 3. The Balaban J connectivity index is 3.40. The molecule has 0 aliphatic carbocycles. The number of alkyl halides is 2. The number of hydrogen-bond acceptors (Lipinski definition) is 3.